The van der Waals surface area contributed by atoms with Crippen molar-refractivity contribution in [3.05, 3.63) is 65.2 Å². The Kier molecular flexibility index (Phi) is 4.19. The lowest BCUT2D eigenvalue weighted by atomic mass is 10.1. The van der Waals surface area contributed by atoms with Crippen molar-refractivity contribution in [1.82, 2.24) is 0 Å². The Morgan fingerprint density at radius 3 is 1.83 bits per heavy atom. The zero-order valence-corrected chi connectivity index (χ0v) is 10.8. The SMILES string of the molecule is CCCc1ccc(C=Cc2ccc(N)cc2)cc1. The lowest BCUT2D eigenvalue weighted by molar-refractivity contribution is 0.922. The monoisotopic (exact) mass is 237 g/mol. The Labute approximate surface area is 109 Å². The quantitative estimate of drug-likeness (QED) is 0.619. The van der Waals surface area contributed by atoms with Gasteiger partial charge in [-0.15, -0.1) is 0 Å². The minimum Gasteiger partial charge on any atom is -0.399 e. The van der Waals surface area contributed by atoms with Crippen molar-refractivity contribution in [2.45, 2.75) is 19.8 Å². The number of hydrogen-bond donors (Lipinski definition) is 1. The molecule has 0 aliphatic heterocycles. The Hall–Kier alpha value is -2.02. The number of nitrogen functional groups attached to an aromatic ring is 1. The molecule has 2 rings (SSSR count). The zero-order valence-electron chi connectivity index (χ0n) is 10.8. The third kappa shape index (κ3) is 3.49. The number of rotatable bonds is 4. The highest BCUT2D eigenvalue weighted by Gasteiger charge is 1.91. The van der Waals surface area contributed by atoms with Crippen LogP contribution in [0.15, 0.2) is 48.5 Å². The van der Waals surface area contributed by atoms with Gasteiger partial charge >= 0.3 is 0 Å². The van der Waals surface area contributed by atoms with Gasteiger partial charge < -0.3 is 5.73 Å². The van der Waals surface area contributed by atoms with Crippen LogP contribution in [-0.2, 0) is 6.42 Å². The first kappa shape index (κ1) is 12.4. The molecule has 0 aromatic heterocycles. The van der Waals surface area contributed by atoms with Crippen molar-refractivity contribution in [1.29, 1.82) is 0 Å². The van der Waals surface area contributed by atoms with Gasteiger partial charge in [0.15, 0.2) is 0 Å². The molecule has 0 heterocycles. The molecule has 0 unspecified atom stereocenters. The Morgan fingerprint density at radius 1 is 0.833 bits per heavy atom. The summed E-state index contributed by atoms with van der Waals surface area (Å²) in [6.07, 6.45) is 6.58. The second-order valence-corrected chi connectivity index (χ2v) is 4.49. The first-order valence-electron chi connectivity index (χ1n) is 6.40. The second-order valence-electron chi connectivity index (χ2n) is 4.49. The average molecular weight is 237 g/mol. The third-order valence-corrected chi connectivity index (χ3v) is 2.92. The van der Waals surface area contributed by atoms with Gasteiger partial charge in [0.1, 0.15) is 0 Å². The van der Waals surface area contributed by atoms with Crippen LogP contribution in [0.3, 0.4) is 0 Å². The van der Waals surface area contributed by atoms with Gasteiger partial charge in [-0.05, 0) is 35.2 Å². The van der Waals surface area contributed by atoms with E-state index in [0.717, 1.165) is 12.1 Å². The number of hydrogen-bond acceptors (Lipinski definition) is 1. The molecule has 2 N–H and O–H groups in total. The molecule has 1 nitrogen and oxygen atoms in total. The van der Waals surface area contributed by atoms with Gasteiger partial charge in [0, 0.05) is 5.69 Å². The van der Waals surface area contributed by atoms with Crippen LogP contribution in [0.1, 0.15) is 30.0 Å². The lowest BCUT2D eigenvalue weighted by Crippen LogP contribution is -1.83. The van der Waals surface area contributed by atoms with Crippen LogP contribution >= 0.6 is 0 Å². The minimum atomic E-state index is 0.802. The fourth-order valence-corrected chi connectivity index (χ4v) is 1.88. The number of nitrogens with two attached hydrogens (primary N) is 1. The highest BCUT2D eigenvalue weighted by molar-refractivity contribution is 5.70. The van der Waals surface area contributed by atoms with Gasteiger partial charge in [-0.1, -0.05) is 61.9 Å². The van der Waals surface area contributed by atoms with Gasteiger partial charge in [0.25, 0.3) is 0 Å². The molecule has 0 bridgehead atoms. The van der Waals surface area contributed by atoms with E-state index >= 15 is 0 Å². The van der Waals surface area contributed by atoms with Crippen molar-refractivity contribution >= 4 is 17.8 Å². The summed E-state index contributed by atoms with van der Waals surface area (Å²) >= 11 is 0. The summed E-state index contributed by atoms with van der Waals surface area (Å²) in [6.45, 7) is 2.20. The number of benzene rings is 2. The first-order chi connectivity index (χ1) is 8.78. The normalized spacial score (nSPS) is 10.9. The van der Waals surface area contributed by atoms with Crippen LogP contribution in [0.25, 0.3) is 12.2 Å². The van der Waals surface area contributed by atoms with Gasteiger partial charge in [0.05, 0.1) is 0 Å². The predicted molar refractivity (Wildman–Crippen MR) is 80.2 cm³/mol. The van der Waals surface area contributed by atoms with Gasteiger partial charge in [-0.25, -0.2) is 0 Å². The predicted octanol–water partition coefficient (Wildman–Crippen LogP) is 4.39. The first-order valence-corrected chi connectivity index (χ1v) is 6.40. The Morgan fingerprint density at radius 2 is 1.33 bits per heavy atom. The van der Waals surface area contributed by atoms with Crippen LogP contribution in [0, 0.1) is 0 Å². The van der Waals surface area contributed by atoms with E-state index < -0.39 is 0 Å². The molecule has 0 atom stereocenters. The molecule has 2 aromatic carbocycles. The average Bonchev–Trinajstić information content (AvgIpc) is 2.40. The molecule has 92 valence electrons. The topological polar surface area (TPSA) is 26.0 Å². The van der Waals surface area contributed by atoms with Crippen LogP contribution in [0.5, 0.6) is 0 Å². The molecule has 1 heteroatoms. The third-order valence-electron chi connectivity index (χ3n) is 2.92. The fourth-order valence-electron chi connectivity index (χ4n) is 1.88. The van der Waals surface area contributed by atoms with Crippen molar-refractivity contribution < 1.29 is 0 Å². The molecule has 0 radical (unpaired) electrons. The molecular formula is C17H19N. The smallest absolute Gasteiger partial charge is 0.0314 e. The summed E-state index contributed by atoms with van der Waals surface area (Å²) in [5.41, 5.74) is 10.3. The Balaban J connectivity index is 2.06. The zero-order chi connectivity index (χ0) is 12.8. The molecule has 0 aliphatic carbocycles. The maximum atomic E-state index is 5.65. The van der Waals surface area contributed by atoms with E-state index in [0.29, 0.717) is 0 Å². The van der Waals surface area contributed by atoms with Crippen molar-refractivity contribution in [3.8, 4) is 0 Å². The summed E-state index contributed by atoms with van der Waals surface area (Å²) in [5.74, 6) is 0. The van der Waals surface area contributed by atoms with E-state index in [1.807, 2.05) is 24.3 Å². The van der Waals surface area contributed by atoms with Crippen LogP contribution in [-0.4, -0.2) is 0 Å². The minimum absolute atomic E-state index is 0.802. The van der Waals surface area contributed by atoms with Crippen LogP contribution in [0.2, 0.25) is 0 Å². The molecule has 0 aliphatic rings. The molecule has 0 fully saturated rings. The largest absolute Gasteiger partial charge is 0.399 e. The summed E-state index contributed by atoms with van der Waals surface area (Å²) in [6, 6.07) is 16.6. The molecular weight excluding hydrogens is 218 g/mol. The van der Waals surface area contributed by atoms with E-state index in [1.165, 1.54) is 23.1 Å². The van der Waals surface area contributed by atoms with Crippen molar-refractivity contribution in [3.63, 3.8) is 0 Å². The summed E-state index contributed by atoms with van der Waals surface area (Å²) in [4.78, 5) is 0. The van der Waals surface area contributed by atoms with E-state index in [2.05, 4.69) is 43.3 Å². The van der Waals surface area contributed by atoms with Crippen molar-refractivity contribution in [2.75, 3.05) is 5.73 Å². The maximum Gasteiger partial charge on any atom is 0.0314 e. The number of anilines is 1. The molecule has 18 heavy (non-hydrogen) atoms. The Bertz CT molecular complexity index is 506. The van der Waals surface area contributed by atoms with E-state index in [1.54, 1.807) is 0 Å². The molecule has 2 aromatic rings. The van der Waals surface area contributed by atoms with Gasteiger partial charge in [0.2, 0.25) is 0 Å². The second kappa shape index (κ2) is 6.06. The number of aryl methyl sites for hydroxylation is 1. The molecule has 0 spiro atoms. The van der Waals surface area contributed by atoms with E-state index in [9.17, 15) is 0 Å². The van der Waals surface area contributed by atoms with E-state index in [-0.39, 0.29) is 0 Å². The fraction of sp³-hybridized carbons (Fsp3) is 0.176. The maximum absolute atomic E-state index is 5.65. The summed E-state index contributed by atoms with van der Waals surface area (Å²) in [7, 11) is 0. The van der Waals surface area contributed by atoms with Crippen LogP contribution in [0.4, 0.5) is 5.69 Å². The summed E-state index contributed by atoms with van der Waals surface area (Å²) < 4.78 is 0. The standard InChI is InChI=1S/C17H19N/c1-2-3-14-4-6-15(7-5-14)8-9-16-10-12-17(18)13-11-16/h4-13H,2-3,18H2,1H3. The van der Waals surface area contributed by atoms with Gasteiger partial charge in [-0.2, -0.15) is 0 Å². The molecule has 0 amide bonds. The molecule has 0 saturated heterocycles. The highest BCUT2D eigenvalue weighted by atomic mass is 14.5. The highest BCUT2D eigenvalue weighted by Crippen LogP contribution is 2.12. The summed E-state index contributed by atoms with van der Waals surface area (Å²) in [5, 5.41) is 0. The molecule has 0 saturated carbocycles. The van der Waals surface area contributed by atoms with Crippen molar-refractivity contribution in [2.24, 2.45) is 0 Å². The van der Waals surface area contributed by atoms with E-state index in [4.69, 9.17) is 5.73 Å². The lowest BCUT2D eigenvalue weighted by Gasteiger charge is -1.99. The van der Waals surface area contributed by atoms with Gasteiger partial charge in [-0.3, -0.25) is 0 Å². The van der Waals surface area contributed by atoms with Crippen LogP contribution < -0.4 is 5.73 Å².